The predicted octanol–water partition coefficient (Wildman–Crippen LogP) is 0.491. The zero-order chi connectivity index (χ0) is 16.4. The molecule has 23 heavy (non-hydrogen) atoms. The minimum Gasteiger partial charge on any atom is -0.479 e. The van der Waals surface area contributed by atoms with Gasteiger partial charge in [-0.3, -0.25) is 14.2 Å². The maximum absolute atomic E-state index is 12.3. The van der Waals surface area contributed by atoms with Gasteiger partial charge in [-0.05, 0) is 18.6 Å². The van der Waals surface area contributed by atoms with Gasteiger partial charge in [0.2, 0.25) is 5.91 Å². The van der Waals surface area contributed by atoms with E-state index in [4.69, 9.17) is 0 Å². The Morgan fingerprint density at radius 1 is 1.30 bits per heavy atom. The number of amides is 1. The molecule has 1 N–H and O–H groups in total. The van der Waals surface area contributed by atoms with Crippen molar-refractivity contribution in [3.8, 4) is 0 Å². The number of hydrogen-bond donors (Lipinski definition) is 1. The number of hydrogen-bond acceptors (Lipinski definition) is 4. The molecular formula is C15H19N5O3. The Labute approximate surface area is 133 Å². The Morgan fingerprint density at radius 2 is 2.04 bits per heavy atom. The van der Waals surface area contributed by atoms with Gasteiger partial charge in [0, 0.05) is 44.5 Å². The Hall–Kier alpha value is -2.64. The van der Waals surface area contributed by atoms with Crippen LogP contribution in [-0.2, 0) is 21.7 Å². The van der Waals surface area contributed by atoms with Crippen LogP contribution >= 0.6 is 0 Å². The molecule has 1 aliphatic rings. The van der Waals surface area contributed by atoms with Crippen LogP contribution in [0.1, 0.15) is 18.4 Å². The lowest BCUT2D eigenvalue weighted by Gasteiger charge is -2.38. The van der Waals surface area contributed by atoms with Crippen LogP contribution in [0.5, 0.6) is 0 Å². The molecule has 2 aromatic heterocycles. The third-order valence-electron chi connectivity index (χ3n) is 4.35. The number of nitrogens with zero attached hydrogens (tertiary/aromatic N) is 5. The van der Waals surface area contributed by atoms with E-state index in [2.05, 4.69) is 10.2 Å². The SMILES string of the molecule is Cc1cnn(C2(C(=O)O)CCN(C(=O)Cn3cccn3)CC2)c1. The Morgan fingerprint density at radius 3 is 2.57 bits per heavy atom. The summed E-state index contributed by atoms with van der Waals surface area (Å²) in [5, 5.41) is 17.9. The van der Waals surface area contributed by atoms with Crippen LogP contribution in [0, 0.1) is 6.92 Å². The van der Waals surface area contributed by atoms with Crippen LogP contribution in [0.2, 0.25) is 0 Å². The first-order valence-electron chi connectivity index (χ1n) is 7.52. The van der Waals surface area contributed by atoms with E-state index in [1.54, 1.807) is 40.4 Å². The molecule has 2 aromatic rings. The maximum Gasteiger partial charge on any atom is 0.331 e. The van der Waals surface area contributed by atoms with Gasteiger partial charge in [0.15, 0.2) is 5.54 Å². The molecule has 0 saturated carbocycles. The lowest BCUT2D eigenvalue weighted by atomic mass is 9.87. The topological polar surface area (TPSA) is 93.3 Å². The number of aryl methyl sites for hydroxylation is 1. The third-order valence-corrected chi connectivity index (χ3v) is 4.35. The summed E-state index contributed by atoms with van der Waals surface area (Å²) in [4.78, 5) is 25.8. The molecule has 1 aliphatic heterocycles. The van der Waals surface area contributed by atoms with E-state index < -0.39 is 11.5 Å². The van der Waals surface area contributed by atoms with E-state index in [0.29, 0.717) is 25.9 Å². The van der Waals surface area contributed by atoms with E-state index in [1.165, 1.54) is 4.68 Å². The van der Waals surface area contributed by atoms with Gasteiger partial charge in [0.1, 0.15) is 6.54 Å². The molecular weight excluding hydrogens is 298 g/mol. The number of likely N-dealkylation sites (tertiary alicyclic amines) is 1. The monoisotopic (exact) mass is 317 g/mol. The average Bonchev–Trinajstić information content (AvgIpc) is 3.19. The Kier molecular flexibility index (Phi) is 3.89. The second-order valence-electron chi connectivity index (χ2n) is 5.88. The van der Waals surface area contributed by atoms with Crippen molar-refractivity contribution in [2.75, 3.05) is 13.1 Å². The van der Waals surface area contributed by atoms with Gasteiger partial charge >= 0.3 is 5.97 Å². The van der Waals surface area contributed by atoms with Crippen molar-refractivity contribution in [3.05, 3.63) is 36.4 Å². The molecule has 1 fully saturated rings. The van der Waals surface area contributed by atoms with Gasteiger partial charge in [-0.15, -0.1) is 0 Å². The molecule has 122 valence electrons. The number of aliphatic carboxylic acids is 1. The van der Waals surface area contributed by atoms with Crippen molar-refractivity contribution in [1.82, 2.24) is 24.5 Å². The highest BCUT2D eigenvalue weighted by Gasteiger charge is 2.44. The minimum atomic E-state index is -1.07. The standard InChI is InChI=1S/C15H19N5O3/c1-12-9-17-20(10-12)15(14(22)23)3-7-18(8-4-15)13(21)11-19-6-2-5-16-19/h2,5-6,9-10H,3-4,7-8,11H2,1H3,(H,22,23). The highest BCUT2D eigenvalue weighted by Crippen LogP contribution is 2.30. The summed E-state index contributed by atoms with van der Waals surface area (Å²) in [6.07, 6.45) is 7.44. The number of carboxylic acids is 1. The molecule has 1 amide bonds. The molecule has 0 bridgehead atoms. The van der Waals surface area contributed by atoms with Gasteiger partial charge in [-0.1, -0.05) is 0 Å². The first kappa shape index (κ1) is 15.3. The van der Waals surface area contributed by atoms with Crippen LogP contribution in [0.4, 0.5) is 0 Å². The van der Waals surface area contributed by atoms with E-state index in [-0.39, 0.29) is 12.5 Å². The molecule has 0 atom stereocenters. The summed E-state index contributed by atoms with van der Waals surface area (Å²) in [5.41, 5.74) is -0.153. The fraction of sp³-hybridized carbons (Fsp3) is 0.467. The normalized spacial score (nSPS) is 17.2. The van der Waals surface area contributed by atoms with Crippen LogP contribution in [-0.4, -0.2) is 54.5 Å². The molecule has 3 rings (SSSR count). The third kappa shape index (κ3) is 2.84. The number of rotatable bonds is 4. The largest absolute Gasteiger partial charge is 0.479 e. The highest BCUT2D eigenvalue weighted by molar-refractivity contribution is 5.79. The average molecular weight is 317 g/mol. The van der Waals surface area contributed by atoms with Crippen molar-refractivity contribution in [2.24, 2.45) is 0 Å². The predicted molar refractivity (Wildman–Crippen MR) is 80.6 cm³/mol. The first-order valence-corrected chi connectivity index (χ1v) is 7.52. The van der Waals surface area contributed by atoms with Gasteiger partial charge in [0.05, 0.1) is 6.20 Å². The first-order chi connectivity index (χ1) is 11.0. The summed E-state index contributed by atoms with van der Waals surface area (Å²) < 4.78 is 3.10. The van der Waals surface area contributed by atoms with Gasteiger partial charge < -0.3 is 10.0 Å². The van der Waals surface area contributed by atoms with E-state index in [9.17, 15) is 14.7 Å². The maximum atomic E-state index is 12.3. The molecule has 8 heteroatoms. The number of aromatic nitrogens is 4. The number of carbonyl (C=O) groups excluding carboxylic acids is 1. The Bertz CT molecular complexity index is 699. The van der Waals surface area contributed by atoms with Crippen molar-refractivity contribution in [3.63, 3.8) is 0 Å². The van der Waals surface area contributed by atoms with Crippen molar-refractivity contribution in [1.29, 1.82) is 0 Å². The Balaban J connectivity index is 1.70. The summed E-state index contributed by atoms with van der Waals surface area (Å²) in [6.45, 7) is 2.84. The molecule has 3 heterocycles. The quantitative estimate of drug-likeness (QED) is 0.886. The van der Waals surface area contributed by atoms with Crippen LogP contribution in [0.3, 0.4) is 0 Å². The number of piperidine rings is 1. The summed E-state index contributed by atoms with van der Waals surface area (Å²) >= 11 is 0. The van der Waals surface area contributed by atoms with Crippen LogP contribution < -0.4 is 0 Å². The van der Waals surface area contributed by atoms with Crippen molar-refractivity contribution < 1.29 is 14.7 Å². The van der Waals surface area contributed by atoms with Gasteiger partial charge in [0.25, 0.3) is 0 Å². The van der Waals surface area contributed by atoms with E-state index in [0.717, 1.165) is 5.56 Å². The van der Waals surface area contributed by atoms with E-state index >= 15 is 0 Å². The smallest absolute Gasteiger partial charge is 0.331 e. The second kappa shape index (κ2) is 5.86. The minimum absolute atomic E-state index is 0.0515. The van der Waals surface area contributed by atoms with Crippen molar-refractivity contribution in [2.45, 2.75) is 31.8 Å². The van der Waals surface area contributed by atoms with Crippen LogP contribution in [0.15, 0.2) is 30.9 Å². The summed E-state index contributed by atoms with van der Waals surface area (Å²) in [7, 11) is 0. The fourth-order valence-corrected chi connectivity index (χ4v) is 2.95. The zero-order valence-electron chi connectivity index (χ0n) is 12.9. The zero-order valence-corrected chi connectivity index (χ0v) is 12.9. The lowest BCUT2D eigenvalue weighted by Crippen LogP contribution is -2.53. The molecule has 0 radical (unpaired) electrons. The van der Waals surface area contributed by atoms with E-state index in [1.807, 2.05) is 6.92 Å². The van der Waals surface area contributed by atoms with Crippen LogP contribution in [0.25, 0.3) is 0 Å². The summed E-state index contributed by atoms with van der Waals surface area (Å²) in [5.74, 6) is -0.955. The molecule has 8 nitrogen and oxygen atoms in total. The number of carbonyl (C=O) groups is 2. The number of carboxylic acid groups (broad SMARTS) is 1. The van der Waals surface area contributed by atoms with Gasteiger partial charge in [-0.25, -0.2) is 4.79 Å². The lowest BCUT2D eigenvalue weighted by molar-refractivity contribution is -0.153. The molecule has 0 aromatic carbocycles. The molecule has 0 spiro atoms. The molecule has 0 aliphatic carbocycles. The summed E-state index contributed by atoms with van der Waals surface area (Å²) in [6, 6.07) is 1.76. The fourth-order valence-electron chi connectivity index (χ4n) is 2.95. The molecule has 1 saturated heterocycles. The van der Waals surface area contributed by atoms with Gasteiger partial charge in [-0.2, -0.15) is 10.2 Å². The second-order valence-corrected chi connectivity index (χ2v) is 5.88. The molecule has 0 unspecified atom stereocenters. The van der Waals surface area contributed by atoms with Crippen molar-refractivity contribution >= 4 is 11.9 Å². The highest BCUT2D eigenvalue weighted by atomic mass is 16.4.